The van der Waals surface area contributed by atoms with Crippen molar-refractivity contribution in [3.63, 3.8) is 0 Å². The Bertz CT molecular complexity index is 854. The first-order valence-corrected chi connectivity index (χ1v) is 11.9. The van der Waals surface area contributed by atoms with Crippen molar-refractivity contribution in [2.24, 2.45) is 5.92 Å². The third-order valence-corrected chi connectivity index (χ3v) is 7.59. The number of rotatable bonds is 3. The van der Waals surface area contributed by atoms with E-state index in [1.165, 1.54) is 37.0 Å². The summed E-state index contributed by atoms with van der Waals surface area (Å²) in [6.45, 7) is 6.58. The molecule has 4 fully saturated rings. The van der Waals surface area contributed by atoms with E-state index in [1.807, 2.05) is 32.2 Å². The SMILES string of the molecule is Cc1cccc(CN2C(=O)C3C(NC4N(C5CCCCC5)CC(C)CN34)N(C)C2=O)c1. The Morgan fingerprint density at radius 3 is 2.55 bits per heavy atom. The summed E-state index contributed by atoms with van der Waals surface area (Å²) in [5.74, 6) is 0.432. The van der Waals surface area contributed by atoms with Gasteiger partial charge >= 0.3 is 6.03 Å². The Hall–Kier alpha value is -1.96. The monoisotopic (exact) mass is 425 g/mol. The molecule has 3 saturated heterocycles. The van der Waals surface area contributed by atoms with Gasteiger partial charge in [-0.2, -0.15) is 0 Å². The van der Waals surface area contributed by atoms with Crippen LogP contribution in [0.2, 0.25) is 0 Å². The van der Waals surface area contributed by atoms with Gasteiger partial charge in [-0.05, 0) is 31.2 Å². The normalized spacial score (nSPS) is 33.0. The first-order chi connectivity index (χ1) is 14.9. The van der Waals surface area contributed by atoms with Crippen LogP contribution >= 0.6 is 0 Å². The van der Waals surface area contributed by atoms with Gasteiger partial charge in [0.05, 0.1) is 6.54 Å². The summed E-state index contributed by atoms with van der Waals surface area (Å²) < 4.78 is 0. The summed E-state index contributed by atoms with van der Waals surface area (Å²) in [5, 5.41) is 3.68. The minimum Gasteiger partial charge on any atom is -0.310 e. The molecule has 1 N–H and O–H groups in total. The Morgan fingerprint density at radius 1 is 1.06 bits per heavy atom. The predicted octanol–water partition coefficient (Wildman–Crippen LogP) is 2.56. The number of imide groups is 1. The number of nitrogens with zero attached hydrogens (tertiary/aromatic N) is 4. The molecule has 7 heteroatoms. The lowest BCUT2D eigenvalue weighted by Gasteiger charge is -2.48. The maximum absolute atomic E-state index is 13.7. The summed E-state index contributed by atoms with van der Waals surface area (Å²) in [6, 6.07) is 8.09. The second-order valence-corrected chi connectivity index (χ2v) is 10.0. The van der Waals surface area contributed by atoms with Crippen LogP contribution in [0, 0.1) is 12.8 Å². The number of nitrogens with one attached hydrogen (secondary N) is 1. The Balaban J connectivity index is 1.42. The summed E-state index contributed by atoms with van der Waals surface area (Å²) in [5.41, 5.74) is 2.13. The molecule has 1 saturated carbocycles. The van der Waals surface area contributed by atoms with Gasteiger partial charge in [0.25, 0.3) is 5.91 Å². The van der Waals surface area contributed by atoms with E-state index < -0.39 is 0 Å². The van der Waals surface area contributed by atoms with Gasteiger partial charge in [-0.15, -0.1) is 0 Å². The zero-order chi connectivity index (χ0) is 21.7. The molecule has 1 aromatic rings. The van der Waals surface area contributed by atoms with Crippen molar-refractivity contribution in [3.8, 4) is 0 Å². The molecule has 0 bridgehead atoms. The molecular weight excluding hydrogens is 390 g/mol. The van der Waals surface area contributed by atoms with Crippen molar-refractivity contribution in [1.29, 1.82) is 0 Å². The number of likely N-dealkylation sites (N-methyl/N-ethyl adjacent to an activating group) is 1. The van der Waals surface area contributed by atoms with Crippen LogP contribution in [0.15, 0.2) is 24.3 Å². The van der Waals surface area contributed by atoms with Gasteiger partial charge in [-0.3, -0.25) is 24.8 Å². The number of hydrogen-bond acceptors (Lipinski definition) is 5. The summed E-state index contributed by atoms with van der Waals surface area (Å²) in [7, 11) is 1.83. The molecule has 0 spiro atoms. The van der Waals surface area contributed by atoms with Crippen LogP contribution in [0.5, 0.6) is 0 Å². The van der Waals surface area contributed by atoms with Gasteiger partial charge in [0.2, 0.25) is 0 Å². The molecule has 1 aliphatic carbocycles. The molecule has 7 nitrogen and oxygen atoms in total. The lowest BCUT2D eigenvalue weighted by atomic mass is 9.92. The highest BCUT2D eigenvalue weighted by Crippen LogP contribution is 2.35. The minimum atomic E-state index is -0.327. The van der Waals surface area contributed by atoms with Gasteiger partial charge in [-0.1, -0.05) is 56.0 Å². The Labute approximate surface area is 185 Å². The van der Waals surface area contributed by atoms with Gasteiger partial charge in [0.15, 0.2) is 0 Å². The molecule has 4 unspecified atom stereocenters. The fraction of sp³-hybridized carbons (Fsp3) is 0.667. The number of aryl methyl sites for hydroxylation is 1. The first kappa shape index (κ1) is 20.9. The summed E-state index contributed by atoms with van der Waals surface area (Å²) >= 11 is 0. The standard InChI is InChI=1S/C24H35N5O2/c1-16-8-7-9-18(12-16)15-29-22(30)20-21(26(3)24(29)31)25-23-27(13-17(2)14-28(20)23)19-10-5-4-6-11-19/h7-9,12,17,19-21,23,25H,4-6,10-11,13-15H2,1-3H3. The third-order valence-electron chi connectivity index (χ3n) is 7.59. The average Bonchev–Trinajstić information content (AvgIpc) is 3.15. The van der Waals surface area contributed by atoms with Crippen LogP contribution in [0.4, 0.5) is 4.79 Å². The third kappa shape index (κ3) is 3.66. The van der Waals surface area contributed by atoms with E-state index in [0.717, 1.165) is 24.2 Å². The maximum atomic E-state index is 13.7. The molecule has 0 aromatic heterocycles. The number of benzene rings is 1. The molecule has 5 rings (SSSR count). The van der Waals surface area contributed by atoms with Gasteiger partial charge < -0.3 is 4.90 Å². The number of urea groups is 1. The molecule has 1 aromatic carbocycles. The molecule has 3 aliphatic heterocycles. The van der Waals surface area contributed by atoms with Gasteiger partial charge in [0, 0.05) is 26.2 Å². The van der Waals surface area contributed by atoms with Crippen LogP contribution in [-0.2, 0) is 11.3 Å². The summed E-state index contributed by atoms with van der Waals surface area (Å²) in [6.07, 6.45) is 6.14. The van der Waals surface area contributed by atoms with Crippen molar-refractivity contribution < 1.29 is 9.59 Å². The number of hydrogen-bond donors (Lipinski definition) is 1. The van der Waals surface area contributed by atoms with E-state index in [1.54, 1.807) is 4.90 Å². The summed E-state index contributed by atoms with van der Waals surface area (Å²) in [4.78, 5) is 35.0. The Morgan fingerprint density at radius 2 is 1.81 bits per heavy atom. The molecule has 4 atom stereocenters. The van der Waals surface area contributed by atoms with E-state index in [2.05, 4.69) is 28.1 Å². The van der Waals surface area contributed by atoms with Crippen molar-refractivity contribution in [1.82, 2.24) is 24.9 Å². The number of amides is 3. The maximum Gasteiger partial charge on any atom is 0.328 e. The topological polar surface area (TPSA) is 59.1 Å². The Kier molecular flexibility index (Phi) is 5.52. The molecule has 3 amide bonds. The molecular formula is C24H35N5O2. The van der Waals surface area contributed by atoms with Crippen LogP contribution < -0.4 is 5.32 Å². The van der Waals surface area contributed by atoms with E-state index in [-0.39, 0.29) is 30.4 Å². The van der Waals surface area contributed by atoms with Crippen molar-refractivity contribution in [3.05, 3.63) is 35.4 Å². The van der Waals surface area contributed by atoms with Gasteiger partial charge in [-0.25, -0.2) is 4.79 Å². The van der Waals surface area contributed by atoms with E-state index in [4.69, 9.17) is 0 Å². The molecule has 31 heavy (non-hydrogen) atoms. The largest absolute Gasteiger partial charge is 0.328 e. The zero-order valence-electron chi connectivity index (χ0n) is 19.0. The van der Waals surface area contributed by atoms with Crippen molar-refractivity contribution in [2.75, 3.05) is 20.1 Å². The number of carbonyl (C=O) groups excluding carboxylic acids is 2. The molecule has 3 heterocycles. The molecule has 0 radical (unpaired) electrons. The lowest BCUT2D eigenvalue weighted by Crippen LogP contribution is -2.66. The highest BCUT2D eigenvalue weighted by molar-refractivity contribution is 6.00. The van der Waals surface area contributed by atoms with E-state index in [0.29, 0.717) is 18.5 Å². The lowest BCUT2D eigenvalue weighted by molar-refractivity contribution is -0.142. The first-order valence-electron chi connectivity index (χ1n) is 11.9. The highest BCUT2D eigenvalue weighted by atomic mass is 16.2. The van der Waals surface area contributed by atoms with Crippen molar-refractivity contribution in [2.45, 2.75) is 77.0 Å². The smallest absolute Gasteiger partial charge is 0.310 e. The zero-order valence-corrected chi connectivity index (χ0v) is 19.0. The van der Waals surface area contributed by atoms with Crippen molar-refractivity contribution >= 4 is 11.9 Å². The molecule has 4 aliphatic rings. The predicted molar refractivity (Wildman–Crippen MR) is 119 cm³/mol. The second-order valence-electron chi connectivity index (χ2n) is 10.0. The minimum absolute atomic E-state index is 0.0346. The van der Waals surface area contributed by atoms with Gasteiger partial charge in [0.1, 0.15) is 18.5 Å². The average molecular weight is 426 g/mol. The second kappa shape index (κ2) is 8.19. The van der Waals surface area contributed by atoms with Crippen LogP contribution in [-0.4, -0.2) is 76.2 Å². The quantitative estimate of drug-likeness (QED) is 0.807. The number of fused-ring (bicyclic) bond motifs is 3. The van der Waals surface area contributed by atoms with E-state index in [9.17, 15) is 9.59 Å². The number of carbonyl (C=O) groups is 2. The fourth-order valence-electron chi connectivity index (χ4n) is 6.11. The fourth-order valence-corrected chi connectivity index (χ4v) is 6.11. The highest BCUT2D eigenvalue weighted by Gasteiger charge is 2.57. The van der Waals surface area contributed by atoms with Crippen LogP contribution in [0.3, 0.4) is 0 Å². The molecule has 168 valence electrons. The van der Waals surface area contributed by atoms with Crippen LogP contribution in [0.1, 0.15) is 50.2 Å². The van der Waals surface area contributed by atoms with E-state index >= 15 is 0 Å². The van der Waals surface area contributed by atoms with Crippen LogP contribution in [0.25, 0.3) is 0 Å².